The minimum absolute atomic E-state index is 0.0468. The lowest BCUT2D eigenvalue weighted by Gasteiger charge is -2.39. The van der Waals surface area contributed by atoms with Crippen molar-refractivity contribution in [3.63, 3.8) is 0 Å². The van der Waals surface area contributed by atoms with Crippen molar-refractivity contribution < 1.29 is 9.32 Å². The van der Waals surface area contributed by atoms with Crippen LogP contribution in [0.15, 0.2) is 10.9 Å². The lowest BCUT2D eigenvalue weighted by atomic mass is 9.76. The number of carbonyl (C=O) groups is 1. The van der Waals surface area contributed by atoms with Crippen LogP contribution in [0.4, 0.5) is 0 Å². The highest BCUT2D eigenvalue weighted by atomic mass is 79.9. The predicted octanol–water partition coefficient (Wildman–Crippen LogP) is 0.960. The zero-order valence-corrected chi connectivity index (χ0v) is 9.08. The van der Waals surface area contributed by atoms with E-state index in [1.165, 1.54) is 6.39 Å². The quantitative estimate of drug-likeness (QED) is 0.822. The zero-order valence-electron chi connectivity index (χ0n) is 7.49. The van der Waals surface area contributed by atoms with Gasteiger partial charge in [0.2, 0.25) is 12.3 Å². The number of alkyl halides is 1. The highest BCUT2D eigenvalue weighted by Gasteiger charge is 2.43. The number of nitrogens with zero attached hydrogens (tertiary/aromatic N) is 2. The van der Waals surface area contributed by atoms with Gasteiger partial charge in [0.25, 0.3) is 0 Å². The summed E-state index contributed by atoms with van der Waals surface area (Å²) in [6, 6.07) is 0. The molecular weight excluding hydrogens is 250 g/mol. The average molecular weight is 260 g/mol. The molecule has 0 radical (unpaired) electrons. The van der Waals surface area contributed by atoms with Crippen LogP contribution in [0, 0.1) is 0 Å². The maximum atomic E-state index is 11.3. The Labute approximate surface area is 89.4 Å². The van der Waals surface area contributed by atoms with Crippen LogP contribution in [-0.2, 0) is 10.3 Å². The Kier molecular flexibility index (Phi) is 2.54. The molecule has 0 spiro atoms. The Bertz CT molecular complexity index is 321. The van der Waals surface area contributed by atoms with Crippen LogP contribution in [0.3, 0.4) is 0 Å². The molecule has 5 nitrogen and oxygen atoms in total. The molecule has 2 rings (SSSR count). The summed E-state index contributed by atoms with van der Waals surface area (Å²) in [6.07, 6.45) is 4.13. The molecule has 0 bridgehead atoms. The van der Waals surface area contributed by atoms with E-state index in [0.29, 0.717) is 11.2 Å². The fraction of sp³-hybridized carbons (Fsp3) is 0.625. The van der Waals surface area contributed by atoms with Gasteiger partial charge < -0.3 is 9.84 Å². The topological polar surface area (TPSA) is 68.0 Å². The van der Waals surface area contributed by atoms with E-state index in [4.69, 9.17) is 0 Å². The molecule has 1 aromatic heterocycles. The first-order chi connectivity index (χ1) is 6.77. The van der Waals surface area contributed by atoms with Crippen molar-refractivity contribution in [3.05, 3.63) is 12.2 Å². The first-order valence-corrected chi connectivity index (χ1v) is 5.53. The van der Waals surface area contributed by atoms with Gasteiger partial charge in [0.1, 0.15) is 5.54 Å². The van der Waals surface area contributed by atoms with Crippen molar-refractivity contribution in [3.8, 4) is 0 Å². The van der Waals surface area contributed by atoms with Gasteiger partial charge in [-0.3, -0.25) is 4.79 Å². The van der Waals surface area contributed by atoms with Gasteiger partial charge in [0, 0.05) is 0 Å². The predicted molar refractivity (Wildman–Crippen MR) is 51.8 cm³/mol. The minimum Gasteiger partial charge on any atom is -0.343 e. The first-order valence-electron chi connectivity index (χ1n) is 4.41. The fourth-order valence-electron chi connectivity index (χ4n) is 1.62. The van der Waals surface area contributed by atoms with Gasteiger partial charge in [-0.1, -0.05) is 21.1 Å². The molecule has 0 unspecified atom stereocenters. The molecule has 0 saturated heterocycles. The van der Waals surface area contributed by atoms with Gasteiger partial charge >= 0.3 is 0 Å². The third-order valence-electron chi connectivity index (χ3n) is 2.50. The van der Waals surface area contributed by atoms with Crippen molar-refractivity contribution in [2.75, 3.05) is 5.33 Å². The standard InChI is InChI=1S/C8H10BrN3O2/c9-4-6(13)11-8(2-1-3-8)7-10-5-14-12-7/h5H,1-4H2,(H,11,13). The van der Waals surface area contributed by atoms with Gasteiger partial charge in [0.05, 0.1) is 5.33 Å². The van der Waals surface area contributed by atoms with Gasteiger partial charge in [-0.15, -0.1) is 0 Å². The van der Waals surface area contributed by atoms with E-state index >= 15 is 0 Å². The number of carbonyl (C=O) groups excluding carboxylic acids is 1. The molecule has 6 heteroatoms. The van der Waals surface area contributed by atoms with Gasteiger partial charge in [0.15, 0.2) is 5.82 Å². The average Bonchev–Trinajstić information content (AvgIpc) is 2.63. The maximum absolute atomic E-state index is 11.3. The molecule has 1 amide bonds. The van der Waals surface area contributed by atoms with Crippen molar-refractivity contribution in [2.24, 2.45) is 0 Å². The summed E-state index contributed by atoms with van der Waals surface area (Å²) in [5, 5.41) is 6.99. The molecule has 76 valence electrons. The first kappa shape index (κ1) is 9.64. The van der Waals surface area contributed by atoms with E-state index in [-0.39, 0.29) is 11.4 Å². The summed E-state index contributed by atoms with van der Waals surface area (Å²) in [6.45, 7) is 0. The van der Waals surface area contributed by atoms with Gasteiger partial charge in [-0.25, -0.2) is 0 Å². The maximum Gasteiger partial charge on any atom is 0.231 e. The molecule has 0 aliphatic heterocycles. The molecule has 1 N–H and O–H groups in total. The van der Waals surface area contributed by atoms with Crippen molar-refractivity contribution in [2.45, 2.75) is 24.8 Å². The SMILES string of the molecule is O=C(CBr)NC1(c2ncon2)CCC1. The summed E-state index contributed by atoms with van der Waals surface area (Å²) >= 11 is 3.11. The monoisotopic (exact) mass is 259 g/mol. The van der Waals surface area contributed by atoms with E-state index in [2.05, 4.69) is 35.9 Å². The summed E-state index contributed by atoms with van der Waals surface area (Å²) < 4.78 is 4.69. The third kappa shape index (κ3) is 1.54. The molecule has 1 aromatic rings. The smallest absolute Gasteiger partial charge is 0.231 e. The Balaban J connectivity index is 2.14. The molecule has 1 aliphatic rings. The number of hydrogen-bond donors (Lipinski definition) is 1. The zero-order chi connectivity index (χ0) is 10.0. The van der Waals surface area contributed by atoms with Crippen LogP contribution in [0.5, 0.6) is 0 Å². The van der Waals surface area contributed by atoms with Crippen molar-refractivity contribution >= 4 is 21.8 Å². The van der Waals surface area contributed by atoms with E-state index < -0.39 is 0 Å². The van der Waals surface area contributed by atoms with Crippen LogP contribution >= 0.6 is 15.9 Å². The normalized spacial score (nSPS) is 18.6. The second kappa shape index (κ2) is 3.68. The van der Waals surface area contributed by atoms with Crippen LogP contribution < -0.4 is 5.32 Å². The van der Waals surface area contributed by atoms with Crippen LogP contribution in [0.25, 0.3) is 0 Å². The largest absolute Gasteiger partial charge is 0.343 e. The van der Waals surface area contributed by atoms with E-state index in [9.17, 15) is 4.79 Å². The molecule has 1 fully saturated rings. The summed E-state index contributed by atoms with van der Waals surface area (Å²) in [5.41, 5.74) is -0.377. The summed E-state index contributed by atoms with van der Waals surface area (Å²) in [7, 11) is 0. The fourth-order valence-corrected chi connectivity index (χ4v) is 1.76. The Morgan fingerprint density at radius 3 is 2.93 bits per heavy atom. The molecule has 14 heavy (non-hydrogen) atoms. The second-order valence-electron chi connectivity index (χ2n) is 3.37. The number of rotatable bonds is 3. The van der Waals surface area contributed by atoms with Crippen molar-refractivity contribution in [1.29, 1.82) is 0 Å². The number of aromatic nitrogens is 2. The number of halogens is 1. The Morgan fingerprint density at radius 2 is 2.50 bits per heavy atom. The van der Waals surface area contributed by atoms with E-state index in [1.54, 1.807) is 0 Å². The Morgan fingerprint density at radius 1 is 1.71 bits per heavy atom. The molecule has 1 aliphatic carbocycles. The highest BCUT2D eigenvalue weighted by Crippen LogP contribution is 2.39. The number of nitrogens with one attached hydrogen (secondary N) is 1. The molecule has 0 atom stereocenters. The summed E-state index contributed by atoms with van der Waals surface area (Å²) in [4.78, 5) is 15.3. The van der Waals surface area contributed by atoms with Crippen LogP contribution in [-0.4, -0.2) is 21.4 Å². The third-order valence-corrected chi connectivity index (χ3v) is 3.01. The molecule has 0 aromatic carbocycles. The lowest BCUT2D eigenvalue weighted by Crippen LogP contribution is -2.51. The van der Waals surface area contributed by atoms with Crippen molar-refractivity contribution in [1.82, 2.24) is 15.5 Å². The number of amides is 1. The molecule has 1 saturated carbocycles. The lowest BCUT2D eigenvalue weighted by molar-refractivity contribution is -0.121. The summed E-state index contributed by atoms with van der Waals surface area (Å²) in [5.74, 6) is 0.535. The van der Waals surface area contributed by atoms with Gasteiger partial charge in [-0.05, 0) is 19.3 Å². The molecule has 1 heterocycles. The highest BCUT2D eigenvalue weighted by molar-refractivity contribution is 9.09. The van der Waals surface area contributed by atoms with E-state index in [0.717, 1.165) is 19.3 Å². The van der Waals surface area contributed by atoms with Crippen LogP contribution in [0.2, 0.25) is 0 Å². The second-order valence-corrected chi connectivity index (χ2v) is 3.93. The minimum atomic E-state index is -0.377. The Hall–Kier alpha value is -0.910. The van der Waals surface area contributed by atoms with E-state index in [1.807, 2.05) is 0 Å². The van der Waals surface area contributed by atoms with Crippen LogP contribution in [0.1, 0.15) is 25.1 Å². The molecular formula is C8H10BrN3O2. The van der Waals surface area contributed by atoms with Gasteiger partial charge in [-0.2, -0.15) is 4.98 Å². The number of hydrogen-bond acceptors (Lipinski definition) is 4.